The zero-order valence-electron chi connectivity index (χ0n) is 7.62. The molecule has 1 aliphatic rings. The molecule has 0 bridgehead atoms. The van der Waals surface area contributed by atoms with Gasteiger partial charge in [-0.05, 0) is 36.1 Å². The SMILES string of the molecule is N#Cc1ccc(C#N)c2c1CC[C@H]2N. The van der Waals surface area contributed by atoms with Gasteiger partial charge < -0.3 is 5.73 Å². The summed E-state index contributed by atoms with van der Waals surface area (Å²) in [6.07, 6.45) is 1.65. The van der Waals surface area contributed by atoms with Gasteiger partial charge in [0, 0.05) is 6.04 Å². The normalized spacial score (nSPS) is 18.4. The van der Waals surface area contributed by atoms with Crippen LogP contribution >= 0.6 is 0 Å². The Labute approximate surface area is 82.4 Å². The number of fused-ring (bicyclic) bond motifs is 1. The molecule has 3 nitrogen and oxygen atoms in total. The van der Waals surface area contributed by atoms with Crippen LogP contribution in [0.1, 0.15) is 34.7 Å². The summed E-state index contributed by atoms with van der Waals surface area (Å²) in [7, 11) is 0. The molecule has 2 rings (SSSR count). The molecule has 1 aromatic rings. The monoisotopic (exact) mass is 183 g/mol. The molecule has 0 amide bonds. The third-order valence-electron chi connectivity index (χ3n) is 2.67. The van der Waals surface area contributed by atoms with E-state index in [1.54, 1.807) is 12.1 Å². The zero-order chi connectivity index (χ0) is 10.1. The molecule has 14 heavy (non-hydrogen) atoms. The summed E-state index contributed by atoms with van der Waals surface area (Å²) in [5.41, 5.74) is 9.01. The molecule has 3 heteroatoms. The summed E-state index contributed by atoms with van der Waals surface area (Å²) in [5, 5.41) is 17.8. The highest BCUT2D eigenvalue weighted by atomic mass is 14.6. The number of rotatable bonds is 0. The Hall–Kier alpha value is -1.84. The van der Waals surface area contributed by atoms with Crippen LogP contribution in [0.15, 0.2) is 12.1 Å². The Morgan fingerprint density at radius 2 is 1.86 bits per heavy atom. The van der Waals surface area contributed by atoms with Crippen molar-refractivity contribution in [1.29, 1.82) is 10.5 Å². The van der Waals surface area contributed by atoms with Gasteiger partial charge in [0.15, 0.2) is 0 Å². The van der Waals surface area contributed by atoms with E-state index in [2.05, 4.69) is 12.1 Å². The Kier molecular flexibility index (Phi) is 1.96. The van der Waals surface area contributed by atoms with Gasteiger partial charge in [-0.25, -0.2) is 0 Å². The van der Waals surface area contributed by atoms with Gasteiger partial charge >= 0.3 is 0 Å². The molecule has 0 unspecified atom stereocenters. The molecule has 0 spiro atoms. The van der Waals surface area contributed by atoms with Crippen molar-refractivity contribution in [3.05, 3.63) is 34.4 Å². The van der Waals surface area contributed by atoms with E-state index in [1.165, 1.54) is 0 Å². The van der Waals surface area contributed by atoms with E-state index in [0.717, 1.165) is 24.0 Å². The second-order valence-electron chi connectivity index (χ2n) is 3.42. The average molecular weight is 183 g/mol. The molecular weight excluding hydrogens is 174 g/mol. The molecule has 1 atom stereocenters. The van der Waals surface area contributed by atoms with Gasteiger partial charge in [-0.2, -0.15) is 10.5 Å². The van der Waals surface area contributed by atoms with Crippen LogP contribution in [0.4, 0.5) is 0 Å². The molecule has 1 aliphatic carbocycles. The van der Waals surface area contributed by atoms with Gasteiger partial charge in [-0.1, -0.05) is 0 Å². The zero-order valence-corrected chi connectivity index (χ0v) is 7.62. The van der Waals surface area contributed by atoms with E-state index in [4.69, 9.17) is 16.3 Å². The minimum atomic E-state index is -0.0760. The Bertz CT molecular complexity index is 463. The van der Waals surface area contributed by atoms with E-state index in [1.807, 2.05) is 0 Å². The second kappa shape index (κ2) is 3.14. The lowest BCUT2D eigenvalue weighted by Gasteiger charge is -2.07. The van der Waals surface area contributed by atoms with Crippen LogP contribution in [0.25, 0.3) is 0 Å². The van der Waals surface area contributed by atoms with Crippen LogP contribution in [-0.2, 0) is 6.42 Å². The lowest BCUT2D eigenvalue weighted by molar-refractivity contribution is 0.712. The standard InChI is InChI=1S/C11H9N3/c12-5-7-1-2-8(6-13)11-9(7)3-4-10(11)14/h1-2,10H,3-4,14H2/t10-/m1/s1. The van der Waals surface area contributed by atoms with Gasteiger partial charge in [0.05, 0.1) is 23.3 Å². The van der Waals surface area contributed by atoms with Gasteiger partial charge in [0.25, 0.3) is 0 Å². The summed E-state index contributed by atoms with van der Waals surface area (Å²) in [6, 6.07) is 7.56. The van der Waals surface area contributed by atoms with Crippen molar-refractivity contribution in [3.8, 4) is 12.1 Å². The van der Waals surface area contributed by atoms with Crippen molar-refractivity contribution in [3.63, 3.8) is 0 Å². The van der Waals surface area contributed by atoms with Gasteiger partial charge in [-0.3, -0.25) is 0 Å². The Balaban J connectivity index is 2.71. The lowest BCUT2D eigenvalue weighted by Crippen LogP contribution is -2.07. The first kappa shape index (κ1) is 8.74. The number of benzene rings is 1. The van der Waals surface area contributed by atoms with Crippen LogP contribution in [0.3, 0.4) is 0 Å². The van der Waals surface area contributed by atoms with E-state index in [-0.39, 0.29) is 6.04 Å². The average Bonchev–Trinajstić information content (AvgIpc) is 2.60. The minimum Gasteiger partial charge on any atom is -0.324 e. The van der Waals surface area contributed by atoms with Crippen molar-refractivity contribution in [2.75, 3.05) is 0 Å². The maximum atomic E-state index is 8.89. The number of hydrogen-bond acceptors (Lipinski definition) is 3. The first-order chi connectivity index (χ1) is 6.77. The molecule has 0 fully saturated rings. The molecule has 0 heterocycles. The molecule has 0 radical (unpaired) electrons. The molecule has 0 aromatic heterocycles. The van der Waals surface area contributed by atoms with Crippen molar-refractivity contribution < 1.29 is 0 Å². The Morgan fingerprint density at radius 1 is 1.21 bits per heavy atom. The highest BCUT2D eigenvalue weighted by Gasteiger charge is 2.24. The minimum absolute atomic E-state index is 0.0760. The quantitative estimate of drug-likeness (QED) is 0.660. The van der Waals surface area contributed by atoms with E-state index >= 15 is 0 Å². The molecule has 0 aliphatic heterocycles. The summed E-state index contributed by atoms with van der Waals surface area (Å²) in [5.74, 6) is 0. The molecule has 0 saturated heterocycles. The molecule has 2 N–H and O–H groups in total. The van der Waals surface area contributed by atoms with Crippen LogP contribution < -0.4 is 5.73 Å². The number of hydrogen-bond donors (Lipinski definition) is 1. The Morgan fingerprint density at radius 3 is 2.50 bits per heavy atom. The topological polar surface area (TPSA) is 73.6 Å². The summed E-state index contributed by atoms with van der Waals surface area (Å²) in [6.45, 7) is 0. The number of nitrogens with two attached hydrogens (primary N) is 1. The largest absolute Gasteiger partial charge is 0.324 e. The first-order valence-electron chi connectivity index (χ1n) is 4.49. The van der Waals surface area contributed by atoms with E-state index in [0.29, 0.717) is 11.1 Å². The maximum Gasteiger partial charge on any atom is 0.0995 e. The van der Waals surface area contributed by atoms with Gasteiger partial charge in [-0.15, -0.1) is 0 Å². The summed E-state index contributed by atoms with van der Waals surface area (Å²) in [4.78, 5) is 0. The fourth-order valence-corrected chi connectivity index (χ4v) is 2.00. The number of nitrogens with zero attached hydrogens (tertiary/aromatic N) is 2. The van der Waals surface area contributed by atoms with Crippen LogP contribution in [-0.4, -0.2) is 0 Å². The van der Waals surface area contributed by atoms with Crippen molar-refractivity contribution in [2.24, 2.45) is 5.73 Å². The fraction of sp³-hybridized carbons (Fsp3) is 0.273. The van der Waals surface area contributed by atoms with Crippen LogP contribution in [0.2, 0.25) is 0 Å². The van der Waals surface area contributed by atoms with E-state index < -0.39 is 0 Å². The third-order valence-corrected chi connectivity index (χ3v) is 2.67. The highest BCUT2D eigenvalue weighted by Crippen LogP contribution is 2.33. The van der Waals surface area contributed by atoms with E-state index in [9.17, 15) is 0 Å². The summed E-state index contributed by atoms with van der Waals surface area (Å²) >= 11 is 0. The lowest BCUT2D eigenvalue weighted by atomic mass is 9.98. The second-order valence-corrected chi connectivity index (χ2v) is 3.42. The van der Waals surface area contributed by atoms with Crippen molar-refractivity contribution in [2.45, 2.75) is 18.9 Å². The predicted molar refractivity (Wildman–Crippen MR) is 51.1 cm³/mol. The smallest absolute Gasteiger partial charge is 0.0995 e. The van der Waals surface area contributed by atoms with Gasteiger partial charge in [0.1, 0.15) is 0 Å². The van der Waals surface area contributed by atoms with Crippen molar-refractivity contribution >= 4 is 0 Å². The fourth-order valence-electron chi connectivity index (χ4n) is 2.00. The predicted octanol–water partition coefficient (Wildman–Crippen LogP) is 1.38. The van der Waals surface area contributed by atoms with Gasteiger partial charge in [0.2, 0.25) is 0 Å². The molecule has 68 valence electrons. The maximum absolute atomic E-state index is 8.89. The van der Waals surface area contributed by atoms with Crippen LogP contribution in [0.5, 0.6) is 0 Å². The molecule has 0 saturated carbocycles. The number of nitriles is 2. The highest BCUT2D eigenvalue weighted by molar-refractivity contribution is 5.54. The first-order valence-corrected chi connectivity index (χ1v) is 4.49. The molecule has 1 aromatic carbocycles. The van der Waals surface area contributed by atoms with Crippen molar-refractivity contribution in [1.82, 2.24) is 0 Å². The third kappa shape index (κ3) is 1.08. The molecular formula is C11H9N3. The van der Waals surface area contributed by atoms with Crippen LogP contribution in [0, 0.1) is 22.7 Å². The summed E-state index contributed by atoms with van der Waals surface area (Å²) < 4.78 is 0.